The van der Waals surface area contributed by atoms with E-state index in [0.717, 1.165) is 36.1 Å². The minimum absolute atomic E-state index is 0.137. The van der Waals surface area contributed by atoms with E-state index in [-0.39, 0.29) is 18.4 Å². The van der Waals surface area contributed by atoms with Crippen molar-refractivity contribution >= 4 is 23.2 Å². The zero-order chi connectivity index (χ0) is 26.0. The van der Waals surface area contributed by atoms with Gasteiger partial charge >= 0.3 is 6.18 Å². The molecule has 3 aromatic rings. The van der Waals surface area contributed by atoms with Crippen LogP contribution in [-0.4, -0.2) is 48.0 Å². The van der Waals surface area contributed by atoms with Gasteiger partial charge in [-0.3, -0.25) is 14.7 Å². The second kappa shape index (κ2) is 10.7. The van der Waals surface area contributed by atoms with E-state index in [4.69, 9.17) is 11.6 Å². The van der Waals surface area contributed by atoms with Crippen LogP contribution in [0.25, 0.3) is 0 Å². The molecule has 5 nitrogen and oxygen atoms in total. The second-order valence-electron chi connectivity index (χ2n) is 9.64. The number of amides is 1. The summed E-state index contributed by atoms with van der Waals surface area (Å²) in [6.07, 6.45) is -1.86. The van der Waals surface area contributed by atoms with Crippen LogP contribution in [-0.2, 0) is 30.4 Å². The second-order valence-corrected chi connectivity index (χ2v) is 10.1. The lowest BCUT2D eigenvalue weighted by Gasteiger charge is -2.49. The monoisotopic (exact) mass is 528 g/mol. The van der Waals surface area contributed by atoms with Crippen LogP contribution in [0.5, 0.6) is 0 Å². The SMILES string of the molecule is O=C(NCCc1ccccn1)[C@H]1Cc2cc(C(F)(F)F)ccc2N2CCN(Cc3ccc(Cl)cc3)C[C@@H]12. The first-order chi connectivity index (χ1) is 17.8. The maximum atomic E-state index is 13.4. The molecule has 2 aliphatic rings. The molecule has 0 unspecified atom stereocenters. The summed E-state index contributed by atoms with van der Waals surface area (Å²) in [5.74, 6) is -0.602. The molecule has 9 heteroatoms. The van der Waals surface area contributed by atoms with Crippen molar-refractivity contribution in [1.29, 1.82) is 0 Å². The van der Waals surface area contributed by atoms with Crippen molar-refractivity contribution < 1.29 is 18.0 Å². The fourth-order valence-corrected chi connectivity index (χ4v) is 5.47. The fourth-order valence-electron chi connectivity index (χ4n) is 5.34. The van der Waals surface area contributed by atoms with Crippen molar-refractivity contribution in [1.82, 2.24) is 15.2 Å². The van der Waals surface area contributed by atoms with Gasteiger partial charge in [0.05, 0.1) is 17.5 Å². The minimum Gasteiger partial charge on any atom is -0.365 e. The van der Waals surface area contributed by atoms with E-state index in [9.17, 15) is 18.0 Å². The number of carbonyl (C=O) groups is 1. The molecule has 1 saturated heterocycles. The molecule has 0 radical (unpaired) electrons. The van der Waals surface area contributed by atoms with Crippen LogP contribution in [0, 0.1) is 5.92 Å². The molecule has 0 saturated carbocycles. The lowest BCUT2D eigenvalue weighted by atomic mass is 9.82. The highest BCUT2D eigenvalue weighted by Crippen LogP contribution is 2.40. The topological polar surface area (TPSA) is 48.5 Å². The van der Waals surface area contributed by atoms with Crippen LogP contribution < -0.4 is 10.2 Å². The molecule has 0 aliphatic carbocycles. The summed E-state index contributed by atoms with van der Waals surface area (Å²) < 4.78 is 40.3. The number of aromatic nitrogens is 1. The van der Waals surface area contributed by atoms with Gasteiger partial charge in [0.15, 0.2) is 0 Å². The molecule has 1 N–H and O–H groups in total. The number of rotatable bonds is 6. The van der Waals surface area contributed by atoms with Gasteiger partial charge in [-0.05, 0) is 60.0 Å². The predicted molar refractivity (Wildman–Crippen MR) is 137 cm³/mol. The van der Waals surface area contributed by atoms with Crippen LogP contribution >= 0.6 is 11.6 Å². The van der Waals surface area contributed by atoms with Gasteiger partial charge in [0.25, 0.3) is 0 Å². The molecule has 194 valence electrons. The summed E-state index contributed by atoms with van der Waals surface area (Å²) in [6.45, 7) is 3.15. The van der Waals surface area contributed by atoms with Gasteiger partial charge in [0.1, 0.15) is 0 Å². The number of anilines is 1. The third-order valence-electron chi connectivity index (χ3n) is 7.19. The van der Waals surface area contributed by atoms with Crippen molar-refractivity contribution in [2.75, 3.05) is 31.1 Å². The van der Waals surface area contributed by atoms with Crippen molar-refractivity contribution in [3.8, 4) is 0 Å². The van der Waals surface area contributed by atoms with Gasteiger partial charge in [-0.2, -0.15) is 13.2 Å². The number of hydrogen-bond acceptors (Lipinski definition) is 4. The molecule has 5 rings (SSSR count). The lowest BCUT2D eigenvalue weighted by molar-refractivity contribution is -0.137. The van der Waals surface area contributed by atoms with Crippen molar-refractivity contribution in [2.24, 2.45) is 5.92 Å². The zero-order valence-corrected chi connectivity index (χ0v) is 21.0. The zero-order valence-electron chi connectivity index (χ0n) is 20.2. The van der Waals surface area contributed by atoms with Crippen molar-refractivity contribution in [2.45, 2.75) is 31.6 Å². The van der Waals surface area contributed by atoms with Gasteiger partial charge in [-0.1, -0.05) is 29.8 Å². The number of halogens is 4. The number of pyridine rings is 1. The fraction of sp³-hybridized carbons (Fsp3) is 0.357. The Hall–Kier alpha value is -3.10. The maximum Gasteiger partial charge on any atom is 0.416 e. The van der Waals surface area contributed by atoms with Crippen LogP contribution in [0.2, 0.25) is 5.02 Å². The number of fused-ring (bicyclic) bond motifs is 3. The van der Waals surface area contributed by atoms with Gasteiger partial charge < -0.3 is 10.2 Å². The molecule has 37 heavy (non-hydrogen) atoms. The first kappa shape index (κ1) is 25.5. The Kier molecular flexibility index (Phi) is 7.40. The molecule has 2 aliphatic heterocycles. The molecule has 2 aromatic carbocycles. The van der Waals surface area contributed by atoms with Gasteiger partial charge in [-0.15, -0.1) is 0 Å². The predicted octanol–water partition coefficient (Wildman–Crippen LogP) is 4.98. The average Bonchev–Trinajstić information content (AvgIpc) is 2.89. The number of hydrogen-bond donors (Lipinski definition) is 1. The van der Waals surface area contributed by atoms with E-state index in [1.807, 2.05) is 42.5 Å². The highest BCUT2D eigenvalue weighted by molar-refractivity contribution is 6.30. The summed E-state index contributed by atoms with van der Waals surface area (Å²) in [6, 6.07) is 17.1. The number of nitrogens with zero attached hydrogens (tertiary/aromatic N) is 3. The van der Waals surface area contributed by atoms with Crippen LogP contribution in [0.1, 0.15) is 22.4 Å². The summed E-state index contributed by atoms with van der Waals surface area (Å²) in [7, 11) is 0. The Labute approximate surface area is 219 Å². The normalized spacial score (nSPS) is 19.7. The molecule has 1 fully saturated rings. The van der Waals surface area contributed by atoms with Crippen LogP contribution in [0.4, 0.5) is 18.9 Å². The molecule has 0 bridgehead atoms. The maximum absolute atomic E-state index is 13.4. The highest BCUT2D eigenvalue weighted by atomic mass is 35.5. The molecule has 0 spiro atoms. The lowest BCUT2D eigenvalue weighted by Crippen LogP contribution is -2.61. The highest BCUT2D eigenvalue weighted by Gasteiger charge is 2.42. The number of nitrogens with one attached hydrogen (secondary N) is 1. The first-order valence-corrected chi connectivity index (χ1v) is 12.8. The number of benzene rings is 2. The average molecular weight is 529 g/mol. The molecule has 3 heterocycles. The van der Waals surface area contributed by atoms with E-state index in [1.54, 1.807) is 12.3 Å². The van der Waals surface area contributed by atoms with E-state index in [0.29, 0.717) is 36.6 Å². The largest absolute Gasteiger partial charge is 0.416 e. The first-order valence-electron chi connectivity index (χ1n) is 12.4. The van der Waals surface area contributed by atoms with Gasteiger partial charge in [-0.25, -0.2) is 0 Å². The van der Waals surface area contributed by atoms with Crippen molar-refractivity contribution in [3.63, 3.8) is 0 Å². The molecule has 1 amide bonds. The summed E-state index contributed by atoms with van der Waals surface area (Å²) in [5, 5.41) is 3.70. The molecular formula is C28H28ClF3N4O. The Balaban J connectivity index is 1.36. The third-order valence-corrected chi connectivity index (χ3v) is 7.44. The van der Waals surface area contributed by atoms with Crippen molar-refractivity contribution in [3.05, 3.63) is 94.3 Å². The molecule has 1 aromatic heterocycles. The van der Waals surface area contributed by atoms with Crippen LogP contribution in [0.15, 0.2) is 66.9 Å². The molecule has 2 atom stereocenters. The Morgan fingerprint density at radius 2 is 1.89 bits per heavy atom. The van der Waals surface area contributed by atoms with E-state index < -0.39 is 17.7 Å². The van der Waals surface area contributed by atoms with Crippen LogP contribution in [0.3, 0.4) is 0 Å². The van der Waals surface area contributed by atoms with E-state index >= 15 is 0 Å². The number of piperazine rings is 1. The standard InChI is InChI=1S/C28H28ClF3N4O/c29-22-7-4-19(5-8-22)17-35-13-14-36-25-9-6-21(28(30,31)32)15-20(25)16-24(26(36)18-35)27(37)34-12-10-23-3-1-2-11-33-23/h1-9,11,15,24,26H,10,12-14,16-18H2,(H,34,37)/t24-,26-/m0/s1. The summed E-state index contributed by atoms with van der Waals surface area (Å²) in [5.41, 5.74) is 2.68. The summed E-state index contributed by atoms with van der Waals surface area (Å²) >= 11 is 6.03. The number of alkyl halides is 3. The smallest absolute Gasteiger partial charge is 0.365 e. The summed E-state index contributed by atoms with van der Waals surface area (Å²) in [4.78, 5) is 22.1. The van der Waals surface area contributed by atoms with Gasteiger partial charge in [0.2, 0.25) is 5.91 Å². The number of carbonyl (C=O) groups excluding carboxylic acids is 1. The van der Waals surface area contributed by atoms with Gasteiger partial charge in [0, 0.05) is 61.7 Å². The quantitative estimate of drug-likeness (QED) is 0.490. The van der Waals surface area contributed by atoms with E-state index in [2.05, 4.69) is 20.1 Å². The molecular weight excluding hydrogens is 501 g/mol. The minimum atomic E-state index is -4.43. The third kappa shape index (κ3) is 5.91. The Morgan fingerprint density at radius 1 is 1.08 bits per heavy atom. The Morgan fingerprint density at radius 3 is 2.62 bits per heavy atom. The van der Waals surface area contributed by atoms with E-state index in [1.165, 1.54) is 6.07 Å². The Bertz CT molecular complexity index is 1240.